The molecule has 7 heteroatoms. The quantitative estimate of drug-likeness (QED) is 0.830. The second-order valence-corrected chi connectivity index (χ2v) is 4.36. The molecule has 94 valence electrons. The molecule has 3 atom stereocenters. The molecule has 1 fully saturated rings. The van der Waals surface area contributed by atoms with Crippen LogP contribution in [0.25, 0.3) is 0 Å². The van der Waals surface area contributed by atoms with Crippen molar-refractivity contribution in [3.8, 4) is 0 Å². The Bertz CT molecular complexity index is 528. The first-order valence-corrected chi connectivity index (χ1v) is 5.74. The fraction of sp³-hybridized carbons (Fsp3) is 0.600. The van der Waals surface area contributed by atoms with Gasteiger partial charge in [0.25, 0.3) is 0 Å². The molecule has 1 saturated heterocycles. The Morgan fingerprint density at radius 1 is 1.71 bits per heavy atom. The van der Waals surface area contributed by atoms with E-state index in [1.807, 2.05) is 6.92 Å². The summed E-state index contributed by atoms with van der Waals surface area (Å²) in [7, 11) is 0. The fourth-order valence-corrected chi connectivity index (χ4v) is 2.00. The Morgan fingerprint density at radius 3 is 3.00 bits per heavy atom. The van der Waals surface area contributed by atoms with Gasteiger partial charge in [0.05, 0.1) is 12.3 Å². The van der Waals surface area contributed by atoms with Crippen molar-refractivity contribution >= 4 is 12.2 Å². The summed E-state index contributed by atoms with van der Waals surface area (Å²) in [5.41, 5.74) is -0.666. The summed E-state index contributed by atoms with van der Waals surface area (Å²) < 4.78 is 32.9. The highest BCUT2D eigenvalue weighted by Gasteiger charge is 2.36. The van der Waals surface area contributed by atoms with E-state index in [4.69, 9.17) is 4.74 Å². The van der Waals surface area contributed by atoms with E-state index in [0.717, 1.165) is 10.8 Å². The van der Waals surface area contributed by atoms with E-state index in [2.05, 4.69) is 17.2 Å². The van der Waals surface area contributed by atoms with Crippen LogP contribution in [0.3, 0.4) is 0 Å². The highest BCUT2D eigenvalue weighted by molar-refractivity contribution is 7.71. The minimum atomic E-state index is -1.32. The van der Waals surface area contributed by atoms with Crippen molar-refractivity contribution in [3.05, 3.63) is 27.1 Å². The first kappa shape index (κ1) is 12.4. The predicted molar refractivity (Wildman–Crippen MR) is 59.6 cm³/mol. The van der Waals surface area contributed by atoms with Crippen molar-refractivity contribution in [3.63, 3.8) is 0 Å². The standard InChI is InChI=1S/C10H12F2N2O2S/c1-2-5-3-6(11)9(16-5)14-4-7(12)8(17)13-10(14)15/h4-6,9H,2-3H2,1H3,(H,13,15,17). The summed E-state index contributed by atoms with van der Waals surface area (Å²) in [6, 6.07) is 0. The van der Waals surface area contributed by atoms with E-state index in [-0.39, 0.29) is 17.2 Å². The number of hydrogen-bond donors (Lipinski definition) is 1. The Kier molecular flexibility index (Phi) is 3.39. The van der Waals surface area contributed by atoms with Crippen molar-refractivity contribution < 1.29 is 13.5 Å². The number of nitrogens with zero attached hydrogens (tertiary/aromatic N) is 1. The monoisotopic (exact) mass is 262 g/mol. The van der Waals surface area contributed by atoms with E-state index < -0.39 is 23.9 Å². The molecule has 2 rings (SSSR count). The first-order chi connectivity index (χ1) is 8.02. The Hall–Kier alpha value is -1.08. The van der Waals surface area contributed by atoms with Crippen molar-refractivity contribution in [2.45, 2.75) is 38.3 Å². The maximum absolute atomic E-state index is 13.7. The van der Waals surface area contributed by atoms with Gasteiger partial charge < -0.3 is 4.74 Å². The SMILES string of the molecule is CCC1CC(F)C(n2cc(F)c(=S)[nH]c2=O)O1. The molecule has 0 radical (unpaired) electrons. The van der Waals surface area contributed by atoms with Crippen molar-refractivity contribution in [1.29, 1.82) is 0 Å². The lowest BCUT2D eigenvalue weighted by Gasteiger charge is -2.16. The molecule has 0 saturated carbocycles. The molecule has 1 N–H and O–H groups in total. The average Bonchev–Trinajstić information content (AvgIpc) is 2.65. The van der Waals surface area contributed by atoms with Gasteiger partial charge in [-0.2, -0.15) is 0 Å². The maximum atomic E-state index is 13.7. The van der Waals surface area contributed by atoms with Crippen LogP contribution in [0.5, 0.6) is 0 Å². The first-order valence-electron chi connectivity index (χ1n) is 5.33. The summed E-state index contributed by atoms with van der Waals surface area (Å²) in [6.07, 6.45) is -0.887. The van der Waals surface area contributed by atoms with Gasteiger partial charge in [-0.3, -0.25) is 9.55 Å². The summed E-state index contributed by atoms with van der Waals surface area (Å²) in [5.74, 6) is -0.768. The number of rotatable bonds is 2. The third kappa shape index (κ3) is 2.30. The molecule has 4 nitrogen and oxygen atoms in total. The smallest absolute Gasteiger partial charge is 0.328 e. The molecule has 1 aromatic heterocycles. The Morgan fingerprint density at radius 2 is 2.41 bits per heavy atom. The van der Waals surface area contributed by atoms with Crippen LogP contribution in [0.15, 0.2) is 11.0 Å². The summed E-state index contributed by atoms with van der Waals surface area (Å²) in [5, 5.41) is 0. The minimum Gasteiger partial charge on any atom is -0.351 e. The van der Waals surface area contributed by atoms with E-state index in [9.17, 15) is 13.6 Å². The van der Waals surface area contributed by atoms with Gasteiger partial charge in [-0.1, -0.05) is 19.1 Å². The van der Waals surface area contributed by atoms with Crippen molar-refractivity contribution in [1.82, 2.24) is 9.55 Å². The normalized spacial score (nSPS) is 28.5. The van der Waals surface area contributed by atoms with Crippen LogP contribution in [0.1, 0.15) is 26.0 Å². The number of hydrogen-bond acceptors (Lipinski definition) is 3. The third-order valence-corrected chi connectivity index (χ3v) is 3.08. The van der Waals surface area contributed by atoms with Gasteiger partial charge in [-0.05, 0) is 6.42 Å². The molecular weight excluding hydrogens is 250 g/mol. The van der Waals surface area contributed by atoms with E-state index in [1.54, 1.807) is 0 Å². The zero-order valence-corrected chi connectivity index (χ0v) is 9.97. The average molecular weight is 262 g/mol. The number of alkyl halides is 1. The van der Waals surface area contributed by atoms with Crippen LogP contribution in [0.4, 0.5) is 8.78 Å². The number of ether oxygens (including phenoxy) is 1. The molecule has 0 amide bonds. The van der Waals surface area contributed by atoms with Crippen LogP contribution in [-0.4, -0.2) is 21.8 Å². The fourth-order valence-electron chi connectivity index (χ4n) is 1.86. The van der Waals surface area contributed by atoms with Crippen LogP contribution < -0.4 is 5.69 Å². The second-order valence-electron chi connectivity index (χ2n) is 3.95. The van der Waals surface area contributed by atoms with Crippen molar-refractivity contribution in [2.75, 3.05) is 0 Å². The molecule has 17 heavy (non-hydrogen) atoms. The third-order valence-electron chi connectivity index (χ3n) is 2.78. The lowest BCUT2D eigenvalue weighted by molar-refractivity contribution is -0.0228. The van der Waals surface area contributed by atoms with Gasteiger partial charge in [0.1, 0.15) is 10.8 Å². The molecular formula is C10H12F2N2O2S. The summed E-state index contributed by atoms with van der Waals surface area (Å²) in [4.78, 5) is 13.7. The van der Waals surface area contributed by atoms with Crippen LogP contribution in [0.2, 0.25) is 0 Å². The molecule has 0 bridgehead atoms. The minimum absolute atomic E-state index is 0.213. The highest BCUT2D eigenvalue weighted by Crippen LogP contribution is 2.31. The lowest BCUT2D eigenvalue weighted by Crippen LogP contribution is -2.31. The molecule has 3 unspecified atom stereocenters. The Labute approximate surface area is 101 Å². The Balaban J connectivity index is 2.38. The van der Waals surface area contributed by atoms with Gasteiger partial charge in [-0.15, -0.1) is 0 Å². The number of H-pyrrole nitrogens is 1. The number of nitrogens with one attached hydrogen (secondary N) is 1. The van der Waals surface area contributed by atoms with E-state index in [0.29, 0.717) is 6.42 Å². The summed E-state index contributed by atoms with van der Waals surface area (Å²) in [6.45, 7) is 1.86. The molecule has 2 heterocycles. The maximum Gasteiger partial charge on any atom is 0.328 e. The summed E-state index contributed by atoms with van der Waals surface area (Å²) >= 11 is 4.57. The molecule has 1 aromatic rings. The lowest BCUT2D eigenvalue weighted by atomic mass is 10.2. The van der Waals surface area contributed by atoms with Gasteiger partial charge in [0.15, 0.2) is 12.0 Å². The molecule has 0 aliphatic carbocycles. The van der Waals surface area contributed by atoms with Crippen LogP contribution >= 0.6 is 12.2 Å². The highest BCUT2D eigenvalue weighted by atomic mass is 32.1. The molecule has 0 spiro atoms. The van der Waals surface area contributed by atoms with Gasteiger partial charge in [-0.25, -0.2) is 13.6 Å². The van der Waals surface area contributed by atoms with Gasteiger partial charge in [0.2, 0.25) is 0 Å². The number of aromatic amines is 1. The zero-order valence-electron chi connectivity index (χ0n) is 9.15. The molecule has 0 aromatic carbocycles. The van der Waals surface area contributed by atoms with Gasteiger partial charge >= 0.3 is 5.69 Å². The number of halogens is 2. The largest absolute Gasteiger partial charge is 0.351 e. The van der Waals surface area contributed by atoms with E-state index in [1.165, 1.54) is 0 Å². The predicted octanol–water partition coefficient (Wildman–Crippen LogP) is 2.08. The zero-order chi connectivity index (χ0) is 12.6. The second kappa shape index (κ2) is 4.66. The topological polar surface area (TPSA) is 47.0 Å². The number of aromatic nitrogens is 2. The van der Waals surface area contributed by atoms with Crippen LogP contribution in [-0.2, 0) is 4.74 Å². The van der Waals surface area contributed by atoms with E-state index >= 15 is 0 Å². The molecule has 1 aliphatic rings. The van der Waals surface area contributed by atoms with Crippen LogP contribution in [0, 0.1) is 10.5 Å². The molecule has 1 aliphatic heterocycles. The van der Waals surface area contributed by atoms with Crippen molar-refractivity contribution in [2.24, 2.45) is 0 Å². The van der Waals surface area contributed by atoms with Gasteiger partial charge in [0, 0.05) is 6.42 Å².